The fraction of sp³-hybridized carbons (Fsp3) is 0.391. The maximum absolute atomic E-state index is 13.9. The number of nitrogens with zero attached hydrogens (tertiary/aromatic N) is 4. The zero-order valence-corrected chi connectivity index (χ0v) is 37.4. The maximum atomic E-state index is 13.9. The molecule has 0 radical (unpaired) electrons. The van der Waals surface area contributed by atoms with Gasteiger partial charge >= 0.3 is 6.18 Å². The molecule has 14 nitrogen and oxygen atoms in total. The second-order valence-electron chi connectivity index (χ2n) is 17.5. The highest BCUT2D eigenvalue weighted by molar-refractivity contribution is 7.90. The summed E-state index contributed by atoms with van der Waals surface area (Å²) in [5.74, 6) is -0.668. The van der Waals surface area contributed by atoms with Crippen LogP contribution < -0.4 is 19.7 Å². The number of nitro groups is 1. The topological polar surface area (TPSA) is 172 Å². The van der Waals surface area contributed by atoms with E-state index in [0.29, 0.717) is 74.9 Å². The minimum absolute atomic E-state index is 0.0475. The van der Waals surface area contributed by atoms with E-state index in [0.717, 1.165) is 66.8 Å². The molecule has 2 aliphatic heterocycles. The minimum Gasteiger partial charge on any atom is -0.455 e. The van der Waals surface area contributed by atoms with Crippen LogP contribution in [0.3, 0.4) is 0 Å². The first kappa shape index (κ1) is 45.9. The van der Waals surface area contributed by atoms with Gasteiger partial charge in [0.15, 0.2) is 0 Å². The fourth-order valence-corrected chi connectivity index (χ4v) is 9.93. The first-order valence-corrected chi connectivity index (χ1v) is 23.3. The van der Waals surface area contributed by atoms with Gasteiger partial charge < -0.3 is 24.7 Å². The number of benzene rings is 3. The van der Waals surface area contributed by atoms with E-state index in [1.165, 1.54) is 30.5 Å². The van der Waals surface area contributed by atoms with E-state index in [-0.39, 0.29) is 33.5 Å². The van der Waals surface area contributed by atoms with E-state index >= 15 is 0 Å². The number of nitro benzene ring substituents is 1. The number of hydrogen-bond acceptors (Lipinski definition) is 11. The van der Waals surface area contributed by atoms with Crippen LogP contribution in [0, 0.1) is 15.5 Å². The summed E-state index contributed by atoms with van der Waals surface area (Å²) < 4.78 is 81.8. The van der Waals surface area contributed by atoms with Crippen molar-refractivity contribution >= 4 is 61.2 Å². The quantitative estimate of drug-likeness (QED) is 0.0758. The Morgan fingerprint density at radius 3 is 2.58 bits per heavy atom. The zero-order valence-electron chi connectivity index (χ0n) is 35.8. The third kappa shape index (κ3) is 10.7. The number of H-pyrrole nitrogens is 1. The van der Waals surface area contributed by atoms with Crippen LogP contribution in [0.25, 0.3) is 16.6 Å². The summed E-state index contributed by atoms with van der Waals surface area (Å²) in [6.07, 6.45) is 3.71. The lowest BCUT2D eigenvalue weighted by atomic mass is 9.72. The van der Waals surface area contributed by atoms with Gasteiger partial charge in [-0.3, -0.25) is 19.8 Å². The van der Waals surface area contributed by atoms with Crippen molar-refractivity contribution in [2.45, 2.75) is 69.5 Å². The molecule has 2 aromatic heterocycles. The van der Waals surface area contributed by atoms with E-state index in [1.54, 1.807) is 30.5 Å². The number of nitrogens with one attached hydrogen (secondary N) is 3. The number of piperazine rings is 1. The Bertz CT molecular complexity index is 2750. The van der Waals surface area contributed by atoms with Crippen molar-refractivity contribution in [3.63, 3.8) is 0 Å². The van der Waals surface area contributed by atoms with E-state index in [4.69, 9.17) is 21.1 Å². The molecule has 3 aromatic carbocycles. The summed E-state index contributed by atoms with van der Waals surface area (Å²) in [7, 11) is -4.62. The van der Waals surface area contributed by atoms with Crippen molar-refractivity contribution in [3.05, 3.63) is 117 Å². The van der Waals surface area contributed by atoms with Crippen LogP contribution in [0.2, 0.25) is 5.02 Å². The largest absolute Gasteiger partial charge is 0.455 e. The van der Waals surface area contributed by atoms with Crippen LogP contribution in [0.5, 0.6) is 11.5 Å². The van der Waals surface area contributed by atoms with Crippen LogP contribution in [0.1, 0.15) is 73.9 Å². The van der Waals surface area contributed by atoms with Crippen molar-refractivity contribution < 1.29 is 40.8 Å². The lowest BCUT2D eigenvalue weighted by Gasteiger charge is -2.39. The monoisotopic (exact) mass is 935 g/mol. The van der Waals surface area contributed by atoms with Crippen LogP contribution >= 0.6 is 11.6 Å². The van der Waals surface area contributed by atoms with E-state index < -0.39 is 43.2 Å². The molecule has 344 valence electrons. The summed E-state index contributed by atoms with van der Waals surface area (Å²) >= 11 is 6.53. The molecule has 5 aromatic rings. The van der Waals surface area contributed by atoms with Crippen molar-refractivity contribution in [2.75, 3.05) is 56.1 Å². The normalized spacial score (nSPS) is 18.4. The molecule has 1 aliphatic carbocycles. The molecule has 3 aliphatic rings. The fourth-order valence-electron chi connectivity index (χ4n) is 8.65. The Balaban J connectivity index is 1.01. The summed E-state index contributed by atoms with van der Waals surface area (Å²) in [5, 5.41) is 15.9. The Kier molecular flexibility index (Phi) is 13.2. The summed E-state index contributed by atoms with van der Waals surface area (Å²) in [6, 6.07) is 15.4. The molecule has 0 saturated carbocycles. The van der Waals surface area contributed by atoms with Gasteiger partial charge in [0.25, 0.3) is 21.6 Å². The SMILES string of the molecule is CC1(C)CCC(CN2CCN(c3ccc(C(=O)NS(=O)(=O)c4ccc(NC[C@H]5CCCCO5)c([N+](=O)[O-])c4)c(Oc4cnc5[nH]ccc5c4)c3)CC2)=C(c2ccc(C(F)(F)F)cc2Cl)C1. The number of ether oxygens (including phenoxy) is 2. The zero-order chi connectivity index (χ0) is 46.1. The van der Waals surface area contributed by atoms with Gasteiger partial charge in [-0.2, -0.15) is 13.2 Å². The number of anilines is 2. The van der Waals surface area contributed by atoms with Gasteiger partial charge in [0, 0.05) is 80.3 Å². The molecule has 65 heavy (non-hydrogen) atoms. The molecule has 0 unspecified atom stereocenters. The number of alkyl halides is 3. The van der Waals surface area contributed by atoms with E-state index in [1.807, 2.05) is 0 Å². The van der Waals surface area contributed by atoms with Gasteiger partial charge in [-0.15, -0.1) is 0 Å². The van der Waals surface area contributed by atoms with E-state index in [2.05, 4.69) is 43.7 Å². The molecule has 0 bridgehead atoms. The minimum atomic E-state index is -4.62. The first-order chi connectivity index (χ1) is 30.9. The lowest BCUT2D eigenvalue weighted by Crippen LogP contribution is -2.47. The molecular formula is C46H49ClF3N7O7S. The lowest BCUT2D eigenvalue weighted by molar-refractivity contribution is -0.384. The molecule has 1 amide bonds. The van der Waals surface area contributed by atoms with Gasteiger partial charge in [-0.25, -0.2) is 18.1 Å². The molecule has 0 spiro atoms. The highest BCUT2D eigenvalue weighted by atomic mass is 35.5. The number of fused-ring (bicyclic) bond motifs is 1. The Labute approximate surface area is 379 Å². The number of carbonyl (C=O) groups is 1. The van der Waals surface area contributed by atoms with Gasteiger partial charge in [0.1, 0.15) is 22.8 Å². The molecule has 8 rings (SSSR count). The molecule has 2 saturated heterocycles. The third-order valence-electron chi connectivity index (χ3n) is 12.3. The summed E-state index contributed by atoms with van der Waals surface area (Å²) in [6.45, 7) is 8.33. The van der Waals surface area contributed by atoms with Gasteiger partial charge in [-0.05, 0) is 104 Å². The standard InChI is InChI=1S/C46H49ClF3N7O7S/c1-45(2)14-12-30(38(25-45)36-9-6-31(22-39(36)47)46(48,49)50)28-55-16-18-56(19-17-55)32-7-10-37(42(23-32)64-34-21-29-13-15-51-43(29)53-27-34)44(58)54-65(61,62)35-8-11-40(41(24-35)57(59)60)52-26-33-5-3-4-20-63-33/h6-11,13,15,21-24,27,33,52H,3-5,12,14,16-20,25-26,28H2,1-2H3,(H,51,53)(H,54,58)/t33-/m1/s1. The number of hydrogen-bond donors (Lipinski definition) is 3. The number of aromatic nitrogens is 2. The molecule has 3 N–H and O–H groups in total. The predicted molar refractivity (Wildman–Crippen MR) is 242 cm³/mol. The van der Waals surface area contributed by atoms with E-state index in [9.17, 15) is 36.5 Å². The molecule has 19 heteroatoms. The van der Waals surface area contributed by atoms with Crippen molar-refractivity contribution in [1.29, 1.82) is 0 Å². The van der Waals surface area contributed by atoms with Crippen molar-refractivity contribution in [3.8, 4) is 11.5 Å². The predicted octanol–water partition coefficient (Wildman–Crippen LogP) is 9.82. The number of pyridine rings is 1. The van der Waals surface area contributed by atoms with Gasteiger partial charge in [0.05, 0.1) is 33.2 Å². The molecule has 2 fully saturated rings. The molecule has 4 heterocycles. The Hall–Kier alpha value is -5.69. The number of halogens is 4. The van der Waals surface area contributed by atoms with Crippen LogP contribution in [-0.2, 0) is 20.9 Å². The number of allylic oxidation sites excluding steroid dienone is 1. The number of carbonyl (C=O) groups excluding carboxylic acids is 1. The van der Waals surface area contributed by atoms with Crippen molar-refractivity contribution in [2.24, 2.45) is 5.41 Å². The number of aromatic amines is 1. The molecular weight excluding hydrogens is 887 g/mol. The molecule has 1 atom stereocenters. The van der Waals surface area contributed by atoms with Gasteiger partial charge in [0.2, 0.25) is 0 Å². The summed E-state index contributed by atoms with van der Waals surface area (Å²) in [5.41, 5.74) is 2.81. The van der Waals surface area contributed by atoms with Gasteiger partial charge in [-0.1, -0.05) is 37.1 Å². The summed E-state index contributed by atoms with van der Waals surface area (Å²) in [4.78, 5) is 36.7. The second-order valence-corrected chi connectivity index (χ2v) is 19.6. The average molecular weight is 936 g/mol. The number of amides is 1. The smallest absolute Gasteiger partial charge is 0.416 e. The highest BCUT2D eigenvalue weighted by Crippen LogP contribution is 2.46. The average Bonchev–Trinajstić information content (AvgIpc) is 3.74. The Morgan fingerprint density at radius 1 is 1.06 bits per heavy atom. The van der Waals surface area contributed by atoms with Crippen molar-refractivity contribution in [1.82, 2.24) is 19.6 Å². The number of rotatable bonds is 13. The Morgan fingerprint density at radius 2 is 1.86 bits per heavy atom. The van der Waals surface area contributed by atoms with Crippen LogP contribution in [0.4, 0.5) is 30.2 Å². The van der Waals surface area contributed by atoms with Crippen LogP contribution in [-0.4, -0.2) is 86.1 Å². The second kappa shape index (κ2) is 18.7. The van der Waals surface area contributed by atoms with Crippen LogP contribution in [0.15, 0.2) is 89.6 Å². The maximum Gasteiger partial charge on any atom is 0.416 e. The first-order valence-electron chi connectivity index (χ1n) is 21.4. The third-order valence-corrected chi connectivity index (χ3v) is 13.9. The highest BCUT2D eigenvalue weighted by Gasteiger charge is 2.34. The number of sulfonamides is 1.